The first-order valence-electron chi connectivity index (χ1n) is 8.84. The second-order valence-electron chi connectivity index (χ2n) is 7.01. The van der Waals surface area contributed by atoms with Gasteiger partial charge in [-0.25, -0.2) is 0 Å². The van der Waals surface area contributed by atoms with Gasteiger partial charge in [0.25, 0.3) is 5.91 Å². The molecule has 2 fully saturated rings. The number of hydrogen-bond donors (Lipinski definition) is 0. The molecule has 0 N–H and O–H groups in total. The molecule has 2 atom stereocenters. The highest BCUT2D eigenvalue weighted by Crippen LogP contribution is 2.43. The van der Waals surface area contributed by atoms with Gasteiger partial charge in [-0.3, -0.25) is 4.79 Å². The van der Waals surface area contributed by atoms with Crippen LogP contribution in [-0.4, -0.2) is 68.8 Å². The first-order chi connectivity index (χ1) is 11.7. The number of carbonyl (C=O) groups excluding carboxylic acids is 1. The third-order valence-electron chi connectivity index (χ3n) is 5.54. The molecule has 1 amide bonds. The lowest BCUT2D eigenvalue weighted by atomic mass is 9.78. The Hall–Kier alpha value is -1.59. The van der Waals surface area contributed by atoms with Gasteiger partial charge in [0.2, 0.25) is 0 Å². The Morgan fingerprint density at radius 3 is 2.79 bits per heavy atom. The minimum Gasteiger partial charge on any atom is -0.484 e. The smallest absolute Gasteiger partial charge is 0.260 e. The van der Waals surface area contributed by atoms with Crippen molar-refractivity contribution in [3.63, 3.8) is 0 Å². The highest BCUT2D eigenvalue weighted by molar-refractivity contribution is 5.78. The van der Waals surface area contributed by atoms with Crippen molar-refractivity contribution in [3.8, 4) is 5.75 Å². The van der Waals surface area contributed by atoms with Crippen molar-refractivity contribution >= 4 is 5.91 Å². The molecule has 1 spiro atoms. The predicted molar refractivity (Wildman–Crippen MR) is 93.0 cm³/mol. The number of methoxy groups -OCH3 is 1. The minimum absolute atomic E-state index is 0.0850. The maximum absolute atomic E-state index is 12.5. The Balaban J connectivity index is 1.58. The van der Waals surface area contributed by atoms with Crippen LogP contribution in [0.4, 0.5) is 0 Å². The molecule has 2 saturated heterocycles. The number of carbonyl (C=O) groups is 1. The molecule has 1 aromatic carbocycles. The molecule has 0 bridgehead atoms. The molecule has 0 saturated carbocycles. The second-order valence-corrected chi connectivity index (χ2v) is 7.01. The molecule has 0 radical (unpaired) electrons. The van der Waals surface area contributed by atoms with Crippen molar-refractivity contribution in [1.82, 2.24) is 9.80 Å². The van der Waals surface area contributed by atoms with E-state index in [2.05, 4.69) is 11.8 Å². The Labute approximate surface area is 144 Å². The summed E-state index contributed by atoms with van der Waals surface area (Å²) in [6.45, 7) is 7.96. The van der Waals surface area contributed by atoms with Gasteiger partial charge in [0.15, 0.2) is 6.61 Å². The van der Waals surface area contributed by atoms with Crippen LogP contribution in [0.1, 0.15) is 13.3 Å². The maximum Gasteiger partial charge on any atom is 0.260 e. The van der Waals surface area contributed by atoms with Gasteiger partial charge >= 0.3 is 0 Å². The molecule has 3 rings (SSSR count). The molecule has 2 aliphatic rings. The van der Waals surface area contributed by atoms with E-state index >= 15 is 0 Å². The van der Waals surface area contributed by atoms with Gasteiger partial charge in [-0.15, -0.1) is 0 Å². The quantitative estimate of drug-likeness (QED) is 0.798. The molecule has 0 aliphatic carbocycles. The van der Waals surface area contributed by atoms with E-state index < -0.39 is 0 Å². The Morgan fingerprint density at radius 2 is 2.08 bits per heavy atom. The van der Waals surface area contributed by atoms with E-state index in [4.69, 9.17) is 9.47 Å². The molecule has 5 heteroatoms. The summed E-state index contributed by atoms with van der Waals surface area (Å²) in [5, 5.41) is 0. The van der Waals surface area contributed by atoms with E-state index in [9.17, 15) is 4.79 Å². The minimum atomic E-state index is 0.0850. The molecular weight excluding hydrogens is 304 g/mol. The summed E-state index contributed by atoms with van der Waals surface area (Å²) in [5.74, 6) is 1.34. The molecule has 24 heavy (non-hydrogen) atoms. The van der Waals surface area contributed by atoms with Crippen LogP contribution >= 0.6 is 0 Å². The zero-order valence-corrected chi connectivity index (χ0v) is 14.7. The van der Waals surface area contributed by atoms with Crippen LogP contribution in [0.2, 0.25) is 0 Å². The molecule has 132 valence electrons. The predicted octanol–water partition coefficient (Wildman–Crippen LogP) is 1.88. The fourth-order valence-corrected chi connectivity index (χ4v) is 4.14. The molecular formula is C19H28N2O3. The van der Waals surface area contributed by atoms with Gasteiger partial charge in [-0.2, -0.15) is 0 Å². The number of hydrogen-bond acceptors (Lipinski definition) is 4. The molecule has 5 nitrogen and oxygen atoms in total. The average Bonchev–Trinajstić information content (AvgIpc) is 3.19. The fourth-order valence-electron chi connectivity index (χ4n) is 4.14. The van der Waals surface area contributed by atoms with Crippen molar-refractivity contribution in [1.29, 1.82) is 0 Å². The van der Waals surface area contributed by atoms with Gasteiger partial charge in [0, 0.05) is 44.6 Å². The van der Waals surface area contributed by atoms with Crippen LogP contribution in [0, 0.1) is 11.3 Å². The van der Waals surface area contributed by atoms with Gasteiger partial charge in [0.1, 0.15) is 5.75 Å². The lowest BCUT2D eigenvalue weighted by molar-refractivity contribution is -0.132. The van der Waals surface area contributed by atoms with Crippen LogP contribution in [0.25, 0.3) is 0 Å². The Bertz CT molecular complexity index is 551. The highest BCUT2D eigenvalue weighted by Gasteiger charge is 2.50. The van der Waals surface area contributed by atoms with Gasteiger partial charge in [-0.05, 0) is 25.1 Å². The monoisotopic (exact) mass is 332 g/mol. The summed E-state index contributed by atoms with van der Waals surface area (Å²) in [4.78, 5) is 17.0. The van der Waals surface area contributed by atoms with Crippen LogP contribution in [0.3, 0.4) is 0 Å². The van der Waals surface area contributed by atoms with Crippen molar-refractivity contribution in [2.75, 3.05) is 53.0 Å². The number of likely N-dealkylation sites (tertiary alicyclic amines) is 2. The zero-order chi connectivity index (χ0) is 17.0. The topological polar surface area (TPSA) is 42.0 Å². The third-order valence-corrected chi connectivity index (χ3v) is 5.54. The molecule has 0 unspecified atom stereocenters. The highest BCUT2D eigenvalue weighted by atomic mass is 16.5. The number of para-hydroxylation sites is 1. The molecule has 2 aliphatic heterocycles. The van der Waals surface area contributed by atoms with E-state index in [0.29, 0.717) is 5.92 Å². The lowest BCUT2D eigenvalue weighted by Crippen LogP contribution is -2.39. The van der Waals surface area contributed by atoms with Crippen LogP contribution in [0.5, 0.6) is 5.75 Å². The SMILES string of the molecule is CCN1C[C@H](COC)[C@]2(CCN(C(=O)COc3ccccc3)C2)C1. The Morgan fingerprint density at radius 1 is 1.29 bits per heavy atom. The van der Waals surface area contributed by atoms with Gasteiger partial charge in [-0.1, -0.05) is 25.1 Å². The summed E-state index contributed by atoms with van der Waals surface area (Å²) in [7, 11) is 1.77. The summed E-state index contributed by atoms with van der Waals surface area (Å²) in [6.07, 6.45) is 1.06. The average molecular weight is 332 g/mol. The maximum atomic E-state index is 12.5. The normalized spacial score (nSPS) is 27.1. The number of rotatable bonds is 6. The summed E-state index contributed by atoms with van der Waals surface area (Å²) in [6, 6.07) is 9.52. The summed E-state index contributed by atoms with van der Waals surface area (Å²) in [5.41, 5.74) is 0.189. The number of ether oxygens (including phenoxy) is 2. The van der Waals surface area contributed by atoms with Gasteiger partial charge < -0.3 is 19.3 Å². The summed E-state index contributed by atoms with van der Waals surface area (Å²) < 4.78 is 11.1. The van der Waals surface area contributed by atoms with Crippen molar-refractivity contribution in [2.24, 2.45) is 11.3 Å². The number of amides is 1. The van der Waals surface area contributed by atoms with E-state index in [1.54, 1.807) is 7.11 Å². The first kappa shape index (κ1) is 17.2. The number of nitrogens with zero attached hydrogens (tertiary/aromatic N) is 2. The van der Waals surface area contributed by atoms with Gasteiger partial charge in [0.05, 0.1) is 6.61 Å². The molecule has 2 heterocycles. The largest absolute Gasteiger partial charge is 0.484 e. The lowest BCUT2D eigenvalue weighted by Gasteiger charge is -2.30. The summed E-state index contributed by atoms with van der Waals surface area (Å²) >= 11 is 0. The standard InChI is InChI=1S/C19H28N2O3/c1-3-20-11-16(12-23-2)19(14-20)9-10-21(15-19)18(22)13-24-17-7-5-4-6-8-17/h4-8,16H,3,9-15H2,1-2H3/t16-,19-/m1/s1. The zero-order valence-electron chi connectivity index (χ0n) is 14.7. The Kier molecular flexibility index (Phi) is 5.41. The first-order valence-corrected chi connectivity index (χ1v) is 8.84. The van der Waals surface area contributed by atoms with Crippen LogP contribution < -0.4 is 4.74 Å². The van der Waals surface area contributed by atoms with E-state index in [0.717, 1.165) is 51.5 Å². The fraction of sp³-hybridized carbons (Fsp3) is 0.632. The third kappa shape index (κ3) is 3.57. The van der Waals surface area contributed by atoms with Crippen LogP contribution in [-0.2, 0) is 9.53 Å². The van der Waals surface area contributed by atoms with E-state index in [1.165, 1.54) is 0 Å². The van der Waals surface area contributed by atoms with Crippen molar-refractivity contribution in [2.45, 2.75) is 13.3 Å². The van der Waals surface area contributed by atoms with Crippen molar-refractivity contribution < 1.29 is 14.3 Å². The number of benzene rings is 1. The molecule has 1 aromatic rings. The van der Waals surface area contributed by atoms with E-state index in [-0.39, 0.29) is 17.9 Å². The van der Waals surface area contributed by atoms with Crippen LogP contribution in [0.15, 0.2) is 30.3 Å². The molecule has 0 aromatic heterocycles. The second kappa shape index (κ2) is 7.53. The van der Waals surface area contributed by atoms with Crippen molar-refractivity contribution in [3.05, 3.63) is 30.3 Å². The van der Waals surface area contributed by atoms with E-state index in [1.807, 2.05) is 35.2 Å².